The first-order valence-corrected chi connectivity index (χ1v) is 7.59. The molecule has 0 radical (unpaired) electrons. The van der Waals surface area contributed by atoms with Crippen molar-refractivity contribution in [3.05, 3.63) is 34.3 Å². The zero-order chi connectivity index (χ0) is 14.5. The van der Waals surface area contributed by atoms with Crippen LogP contribution in [0.3, 0.4) is 0 Å². The second-order valence-electron chi connectivity index (χ2n) is 5.16. The number of likely N-dealkylation sites (tertiary alicyclic amines) is 1. The minimum atomic E-state index is -0.728. The zero-order valence-electron chi connectivity index (χ0n) is 11.2. The minimum Gasteiger partial charge on any atom is -0.481 e. The van der Waals surface area contributed by atoms with Gasteiger partial charge in [-0.25, -0.2) is 0 Å². The molecule has 108 valence electrons. The Bertz CT molecular complexity index is 486. The highest BCUT2D eigenvalue weighted by Gasteiger charge is 2.25. The van der Waals surface area contributed by atoms with E-state index in [4.69, 9.17) is 5.11 Å². The third-order valence-electron chi connectivity index (χ3n) is 3.68. The SMILES string of the molecule is O=C(CCN1CCCC(C(=O)O)C1)c1ccc(Br)cc1. The third-order valence-corrected chi connectivity index (χ3v) is 4.20. The molecule has 4 nitrogen and oxygen atoms in total. The lowest BCUT2D eigenvalue weighted by Gasteiger charge is -2.30. The summed E-state index contributed by atoms with van der Waals surface area (Å²) in [5, 5.41) is 9.04. The number of hydrogen-bond acceptors (Lipinski definition) is 3. The second kappa shape index (κ2) is 6.99. The molecule has 1 aromatic carbocycles. The Labute approximate surface area is 126 Å². The number of halogens is 1. The van der Waals surface area contributed by atoms with E-state index in [0.29, 0.717) is 25.1 Å². The zero-order valence-corrected chi connectivity index (χ0v) is 12.8. The molecule has 1 N–H and O–H groups in total. The van der Waals surface area contributed by atoms with E-state index >= 15 is 0 Å². The molecule has 0 bridgehead atoms. The molecule has 1 fully saturated rings. The summed E-state index contributed by atoms with van der Waals surface area (Å²) >= 11 is 3.34. The van der Waals surface area contributed by atoms with E-state index < -0.39 is 5.97 Å². The van der Waals surface area contributed by atoms with Gasteiger partial charge in [0.25, 0.3) is 0 Å². The normalized spacial score (nSPS) is 19.8. The van der Waals surface area contributed by atoms with Crippen LogP contribution in [0.15, 0.2) is 28.7 Å². The maximum absolute atomic E-state index is 12.1. The smallest absolute Gasteiger partial charge is 0.307 e. The summed E-state index contributed by atoms with van der Waals surface area (Å²) in [6.45, 7) is 2.08. The number of hydrogen-bond donors (Lipinski definition) is 1. The molecule has 0 saturated carbocycles. The number of ketones is 1. The fourth-order valence-corrected chi connectivity index (χ4v) is 2.76. The molecule has 1 aliphatic rings. The Morgan fingerprint density at radius 1 is 1.30 bits per heavy atom. The van der Waals surface area contributed by atoms with Crippen molar-refractivity contribution in [2.45, 2.75) is 19.3 Å². The number of benzene rings is 1. The summed E-state index contributed by atoms with van der Waals surface area (Å²) in [7, 11) is 0. The number of carboxylic acid groups (broad SMARTS) is 1. The van der Waals surface area contributed by atoms with Gasteiger partial charge in [0.1, 0.15) is 0 Å². The van der Waals surface area contributed by atoms with Gasteiger partial charge in [-0.2, -0.15) is 0 Å². The number of Topliss-reactive ketones (excluding diaryl/α,β-unsaturated/α-hetero) is 1. The molecule has 5 heteroatoms. The van der Waals surface area contributed by atoms with Crippen molar-refractivity contribution >= 4 is 27.7 Å². The van der Waals surface area contributed by atoms with E-state index in [1.165, 1.54) is 0 Å². The number of aliphatic carboxylic acids is 1. The highest BCUT2D eigenvalue weighted by Crippen LogP contribution is 2.17. The Kier molecular flexibility index (Phi) is 5.31. The lowest BCUT2D eigenvalue weighted by Crippen LogP contribution is -2.39. The van der Waals surface area contributed by atoms with Crippen molar-refractivity contribution in [1.29, 1.82) is 0 Å². The predicted molar refractivity (Wildman–Crippen MR) is 79.9 cm³/mol. The van der Waals surface area contributed by atoms with Crippen LogP contribution >= 0.6 is 15.9 Å². The van der Waals surface area contributed by atoms with Gasteiger partial charge in [0.15, 0.2) is 5.78 Å². The van der Waals surface area contributed by atoms with Crippen LogP contribution in [-0.2, 0) is 4.79 Å². The molecule has 0 spiro atoms. The molecule has 1 aromatic rings. The van der Waals surface area contributed by atoms with Crippen molar-refractivity contribution in [2.24, 2.45) is 5.92 Å². The topological polar surface area (TPSA) is 57.6 Å². The summed E-state index contributed by atoms with van der Waals surface area (Å²) in [5.74, 6) is -0.907. The molecular formula is C15H18BrNO3. The average molecular weight is 340 g/mol. The first-order chi connectivity index (χ1) is 9.56. The minimum absolute atomic E-state index is 0.106. The van der Waals surface area contributed by atoms with E-state index in [0.717, 1.165) is 23.9 Å². The molecule has 1 heterocycles. The predicted octanol–water partition coefficient (Wildman–Crippen LogP) is 2.82. The Balaban J connectivity index is 1.84. The van der Waals surface area contributed by atoms with Crippen LogP contribution in [0, 0.1) is 5.92 Å². The Hall–Kier alpha value is -1.20. The van der Waals surface area contributed by atoms with Gasteiger partial charge in [-0.3, -0.25) is 9.59 Å². The van der Waals surface area contributed by atoms with E-state index in [-0.39, 0.29) is 11.7 Å². The van der Waals surface area contributed by atoms with Gasteiger partial charge >= 0.3 is 5.97 Å². The van der Waals surface area contributed by atoms with Gasteiger partial charge in [0.05, 0.1) is 5.92 Å². The lowest BCUT2D eigenvalue weighted by atomic mass is 9.98. The van der Waals surface area contributed by atoms with E-state index in [1.54, 1.807) is 0 Å². The molecule has 1 atom stereocenters. The van der Waals surface area contributed by atoms with Crippen LogP contribution < -0.4 is 0 Å². The maximum Gasteiger partial charge on any atom is 0.307 e. The first-order valence-electron chi connectivity index (χ1n) is 6.80. The number of piperidine rings is 1. The van der Waals surface area contributed by atoms with Gasteiger partial charge in [0.2, 0.25) is 0 Å². The van der Waals surface area contributed by atoms with Gasteiger partial charge < -0.3 is 10.0 Å². The number of carboxylic acids is 1. The molecule has 1 saturated heterocycles. The van der Waals surface area contributed by atoms with E-state index in [2.05, 4.69) is 20.8 Å². The fraction of sp³-hybridized carbons (Fsp3) is 0.467. The standard InChI is InChI=1S/C15H18BrNO3/c16-13-5-3-11(4-6-13)14(18)7-9-17-8-1-2-12(10-17)15(19)20/h3-6,12H,1-2,7-10H2,(H,19,20). The summed E-state index contributed by atoms with van der Waals surface area (Å²) in [5.41, 5.74) is 0.708. The van der Waals surface area contributed by atoms with Crippen LogP contribution in [0.25, 0.3) is 0 Å². The quantitative estimate of drug-likeness (QED) is 0.838. The largest absolute Gasteiger partial charge is 0.481 e. The molecule has 1 aliphatic heterocycles. The number of nitrogens with zero attached hydrogens (tertiary/aromatic N) is 1. The van der Waals surface area contributed by atoms with Crippen LogP contribution in [0.5, 0.6) is 0 Å². The number of carbonyl (C=O) groups excluding carboxylic acids is 1. The summed E-state index contributed by atoms with van der Waals surface area (Å²) in [6.07, 6.45) is 2.07. The molecular weight excluding hydrogens is 322 g/mol. The summed E-state index contributed by atoms with van der Waals surface area (Å²) < 4.78 is 0.953. The van der Waals surface area contributed by atoms with Crippen molar-refractivity contribution in [3.63, 3.8) is 0 Å². The number of carbonyl (C=O) groups is 2. The van der Waals surface area contributed by atoms with Gasteiger partial charge in [-0.15, -0.1) is 0 Å². The molecule has 1 unspecified atom stereocenters. The molecule has 0 aromatic heterocycles. The van der Waals surface area contributed by atoms with E-state index in [9.17, 15) is 9.59 Å². The summed E-state index contributed by atoms with van der Waals surface area (Å²) in [6, 6.07) is 7.33. The Morgan fingerprint density at radius 3 is 2.65 bits per heavy atom. The molecule has 0 amide bonds. The molecule has 0 aliphatic carbocycles. The molecule has 2 rings (SSSR count). The van der Waals surface area contributed by atoms with Crippen molar-refractivity contribution in [3.8, 4) is 0 Å². The van der Waals surface area contributed by atoms with Crippen LogP contribution in [0.4, 0.5) is 0 Å². The average Bonchev–Trinajstić information content (AvgIpc) is 2.46. The number of rotatable bonds is 5. The van der Waals surface area contributed by atoms with Gasteiger partial charge in [0, 0.05) is 29.5 Å². The lowest BCUT2D eigenvalue weighted by molar-refractivity contribution is -0.143. The second-order valence-corrected chi connectivity index (χ2v) is 6.07. The maximum atomic E-state index is 12.1. The third kappa shape index (κ3) is 4.15. The van der Waals surface area contributed by atoms with Crippen LogP contribution in [-0.4, -0.2) is 41.4 Å². The van der Waals surface area contributed by atoms with Gasteiger partial charge in [-0.1, -0.05) is 28.1 Å². The highest BCUT2D eigenvalue weighted by atomic mass is 79.9. The van der Waals surface area contributed by atoms with Crippen molar-refractivity contribution in [2.75, 3.05) is 19.6 Å². The molecule has 20 heavy (non-hydrogen) atoms. The summed E-state index contributed by atoms with van der Waals surface area (Å²) in [4.78, 5) is 25.1. The fourth-order valence-electron chi connectivity index (χ4n) is 2.50. The first kappa shape index (κ1) is 15.2. The van der Waals surface area contributed by atoms with Crippen LogP contribution in [0.2, 0.25) is 0 Å². The monoisotopic (exact) mass is 339 g/mol. The van der Waals surface area contributed by atoms with E-state index in [1.807, 2.05) is 24.3 Å². The van der Waals surface area contributed by atoms with Crippen molar-refractivity contribution in [1.82, 2.24) is 4.90 Å². The van der Waals surface area contributed by atoms with Gasteiger partial charge in [-0.05, 0) is 31.5 Å². The van der Waals surface area contributed by atoms with Crippen molar-refractivity contribution < 1.29 is 14.7 Å². The highest BCUT2D eigenvalue weighted by molar-refractivity contribution is 9.10. The Morgan fingerprint density at radius 2 is 2.00 bits per heavy atom. The van der Waals surface area contributed by atoms with Crippen LogP contribution in [0.1, 0.15) is 29.6 Å².